The van der Waals surface area contributed by atoms with E-state index in [0.29, 0.717) is 23.3 Å². The predicted molar refractivity (Wildman–Crippen MR) is 88.1 cm³/mol. The number of hydrogen-bond acceptors (Lipinski definition) is 7. The highest BCUT2D eigenvalue weighted by molar-refractivity contribution is 6.04. The number of amidine groups is 1. The first-order chi connectivity index (χ1) is 11.7. The smallest absolute Gasteiger partial charge is 0.292 e. The van der Waals surface area contributed by atoms with Crippen LogP contribution in [0.15, 0.2) is 62.7 Å². The highest BCUT2D eigenvalue weighted by Gasteiger charge is 2.34. The van der Waals surface area contributed by atoms with Crippen molar-refractivity contribution < 1.29 is 14.3 Å². The van der Waals surface area contributed by atoms with Gasteiger partial charge in [-0.3, -0.25) is 0 Å². The Morgan fingerprint density at radius 1 is 1.29 bits per heavy atom. The lowest BCUT2D eigenvalue weighted by Crippen LogP contribution is -2.31. The summed E-state index contributed by atoms with van der Waals surface area (Å²) in [4.78, 5) is 10.9. The summed E-state index contributed by atoms with van der Waals surface area (Å²) >= 11 is 0. The molecule has 3 aliphatic rings. The monoisotopic (exact) mass is 322 g/mol. The van der Waals surface area contributed by atoms with E-state index in [9.17, 15) is 5.11 Å². The summed E-state index contributed by atoms with van der Waals surface area (Å²) in [5.41, 5.74) is 10.7. The van der Waals surface area contributed by atoms with Gasteiger partial charge < -0.3 is 24.9 Å². The summed E-state index contributed by atoms with van der Waals surface area (Å²) < 4.78 is 10.7. The van der Waals surface area contributed by atoms with Gasteiger partial charge in [-0.1, -0.05) is 0 Å². The third-order valence-electron chi connectivity index (χ3n) is 4.46. The predicted octanol–water partition coefficient (Wildman–Crippen LogP) is 2.44. The molecular weight excluding hydrogens is 308 g/mol. The van der Waals surface area contributed by atoms with Crippen LogP contribution in [0, 0.1) is 0 Å². The Morgan fingerprint density at radius 2 is 2.21 bits per heavy atom. The van der Waals surface area contributed by atoms with Crippen LogP contribution in [0.5, 0.6) is 0 Å². The van der Waals surface area contributed by atoms with Gasteiger partial charge in [0.1, 0.15) is 24.2 Å². The second kappa shape index (κ2) is 4.64. The van der Waals surface area contributed by atoms with Crippen molar-refractivity contribution >= 4 is 22.9 Å². The fourth-order valence-corrected chi connectivity index (χ4v) is 3.40. The number of benzene rings is 1. The van der Waals surface area contributed by atoms with Gasteiger partial charge in [0.25, 0.3) is 6.01 Å². The van der Waals surface area contributed by atoms with Gasteiger partial charge in [-0.25, -0.2) is 4.99 Å². The van der Waals surface area contributed by atoms with Crippen molar-refractivity contribution in [2.75, 3.05) is 18.9 Å². The van der Waals surface area contributed by atoms with Gasteiger partial charge in [-0.15, -0.1) is 0 Å². The van der Waals surface area contributed by atoms with E-state index in [-0.39, 0.29) is 11.8 Å². The Morgan fingerprint density at radius 3 is 3.12 bits per heavy atom. The lowest BCUT2D eigenvalue weighted by atomic mass is 10.1. The number of oxazole rings is 1. The molecule has 1 aromatic carbocycles. The molecule has 3 aliphatic heterocycles. The molecule has 0 spiro atoms. The van der Waals surface area contributed by atoms with Crippen molar-refractivity contribution in [3.8, 4) is 0 Å². The van der Waals surface area contributed by atoms with Crippen LogP contribution in [0.4, 0.5) is 6.01 Å². The quantitative estimate of drug-likeness (QED) is 0.837. The standard InChI is InChI=1S/C17H14N4O3/c18-17-20-12-5-9(1-2-14(12)24-17)16-19-6-11-13(22)8-23-7-10-3-4-21(16)15(10)11/h1-2,5-6,8,22H,3-4,7H2,(H2,18,20). The van der Waals surface area contributed by atoms with Crippen LogP contribution >= 0.6 is 0 Å². The lowest BCUT2D eigenvalue weighted by molar-refractivity contribution is 0.259. The number of hydrogen-bond donors (Lipinski definition) is 2. The number of anilines is 1. The van der Waals surface area contributed by atoms with Gasteiger partial charge in [0, 0.05) is 18.3 Å². The van der Waals surface area contributed by atoms with E-state index >= 15 is 0 Å². The van der Waals surface area contributed by atoms with Gasteiger partial charge >= 0.3 is 0 Å². The Balaban J connectivity index is 1.66. The zero-order valence-electron chi connectivity index (χ0n) is 12.7. The van der Waals surface area contributed by atoms with Crippen molar-refractivity contribution in [3.05, 3.63) is 58.8 Å². The number of aromatic nitrogens is 1. The third kappa shape index (κ3) is 1.78. The van der Waals surface area contributed by atoms with Crippen molar-refractivity contribution in [2.24, 2.45) is 4.99 Å². The molecule has 5 rings (SSSR count). The van der Waals surface area contributed by atoms with E-state index in [2.05, 4.69) is 14.9 Å². The summed E-state index contributed by atoms with van der Waals surface area (Å²) in [6.45, 7) is 1.29. The molecule has 0 saturated heterocycles. The highest BCUT2D eigenvalue weighted by atomic mass is 16.5. The van der Waals surface area contributed by atoms with Crippen LogP contribution in [0.2, 0.25) is 0 Å². The Labute approximate surface area is 137 Å². The van der Waals surface area contributed by atoms with E-state index < -0.39 is 0 Å². The van der Waals surface area contributed by atoms with Gasteiger partial charge in [0.05, 0.1) is 11.3 Å². The fourth-order valence-electron chi connectivity index (χ4n) is 3.40. The molecule has 7 nitrogen and oxygen atoms in total. The topological polar surface area (TPSA) is 97.1 Å². The minimum Gasteiger partial charge on any atom is -0.504 e. The summed E-state index contributed by atoms with van der Waals surface area (Å²) in [7, 11) is 0. The Hall–Kier alpha value is -3.22. The molecular formula is C17H14N4O3. The number of ether oxygens (including phenoxy) is 1. The van der Waals surface area contributed by atoms with Gasteiger partial charge in [0.15, 0.2) is 11.3 Å². The average Bonchev–Trinajstić information content (AvgIpc) is 3.11. The molecule has 0 amide bonds. The first-order valence-electron chi connectivity index (χ1n) is 7.66. The molecule has 3 N–H and O–H groups in total. The van der Waals surface area contributed by atoms with Crippen molar-refractivity contribution in [1.82, 2.24) is 9.88 Å². The minimum absolute atomic E-state index is 0.106. The normalized spacial score (nSPS) is 19.5. The van der Waals surface area contributed by atoms with Crippen LogP contribution < -0.4 is 5.73 Å². The van der Waals surface area contributed by atoms with Crippen LogP contribution in [0.3, 0.4) is 0 Å². The first-order valence-corrected chi connectivity index (χ1v) is 7.66. The van der Waals surface area contributed by atoms with Gasteiger partial charge in [0.2, 0.25) is 0 Å². The van der Waals surface area contributed by atoms with Crippen LogP contribution in [-0.2, 0) is 4.74 Å². The molecule has 0 atom stereocenters. The Bertz CT molecular complexity index is 996. The maximum Gasteiger partial charge on any atom is 0.292 e. The molecule has 0 radical (unpaired) electrons. The molecule has 2 aromatic rings. The van der Waals surface area contributed by atoms with Crippen LogP contribution in [0.25, 0.3) is 11.1 Å². The van der Waals surface area contributed by atoms with Crippen molar-refractivity contribution in [2.45, 2.75) is 6.42 Å². The molecule has 4 heterocycles. The zero-order valence-corrected chi connectivity index (χ0v) is 12.7. The fraction of sp³-hybridized carbons (Fsp3) is 0.176. The SMILES string of the molecule is Nc1nc2cc(C3=NC=C4C(O)=COCC5=C4N3CC5)ccc2o1. The second-order valence-electron chi connectivity index (χ2n) is 5.90. The molecule has 0 bridgehead atoms. The summed E-state index contributed by atoms with van der Waals surface area (Å²) in [5.74, 6) is 0.927. The number of aliphatic hydroxyl groups excluding tert-OH is 1. The molecule has 120 valence electrons. The third-order valence-corrected chi connectivity index (χ3v) is 4.46. The average molecular weight is 322 g/mol. The van der Waals surface area contributed by atoms with E-state index in [1.54, 1.807) is 6.20 Å². The summed E-state index contributed by atoms with van der Waals surface area (Å²) in [6.07, 6.45) is 3.95. The van der Waals surface area contributed by atoms with E-state index in [1.807, 2.05) is 18.2 Å². The second-order valence-corrected chi connectivity index (χ2v) is 5.90. The molecule has 0 aliphatic carbocycles. The summed E-state index contributed by atoms with van der Waals surface area (Å²) in [6, 6.07) is 5.84. The van der Waals surface area contributed by atoms with Crippen molar-refractivity contribution in [3.63, 3.8) is 0 Å². The number of aliphatic hydroxyl groups is 1. The maximum atomic E-state index is 10.2. The number of fused-ring (bicyclic) bond motifs is 1. The number of rotatable bonds is 1. The van der Waals surface area contributed by atoms with E-state index in [4.69, 9.17) is 14.9 Å². The van der Waals surface area contributed by atoms with Crippen molar-refractivity contribution in [1.29, 1.82) is 0 Å². The molecule has 7 heteroatoms. The Kier molecular flexibility index (Phi) is 2.56. The summed E-state index contributed by atoms with van der Waals surface area (Å²) in [5, 5.41) is 10.2. The largest absolute Gasteiger partial charge is 0.504 e. The van der Waals surface area contributed by atoms with Crippen LogP contribution in [0.1, 0.15) is 12.0 Å². The van der Waals surface area contributed by atoms with Gasteiger partial charge in [-0.2, -0.15) is 4.98 Å². The number of nitrogens with two attached hydrogens (primary N) is 1. The highest BCUT2D eigenvalue weighted by Crippen LogP contribution is 2.38. The maximum absolute atomic E-state index is 10.2. The number of nitrogen functional groups attached to an aromatic ring is 1. The number of aliphatic imine (C=N–C) groups is 1. The van der Waals surface area contributed by atoms with E-state index in [1.165, 1.54) is 11.8 Å². The zero-order chi connectivity index (χ0) is 16.3. The van der Waals surface area contributed by atoms with E-state index in [0.717, 1.165) is 30.1 Å². The molecule has 0 fully saturated rings. The molecule has 24 heavy (non-hydrogen) atoms. The first kappa shape index (κ1) is 13.2. The van der Waals surface area contributed by atoms with Crippen LogP contribution in [-0.4, -0.2) is 34.0 Å². The van der Waals surface area contributed by atoms with Gasteiger partial charge in [-0.05, 0) is 30.2 Å². The number of nitrogens with zero attached hydrogens (tertiary/aromatic N) is 3. The molecule has 1 aromatic heterocycles. The molecule has 0 saturated carbocycles. The molecule has 0 unspecified atom stereocenters. The minimum atomic E-state index is 0.106. The lowest BCUT2D eigenvalue weighted by Gasteiger charge is -2.28.